The first-order chi connectivity index (χ1) is 10.2. The molecule has 0 heterocycles. The Morgan fingerprint density at radius 3 is 0.818 bits per heavy atom. The van der Waals surface area contributed by atoms with Crippen molar-refractivity contribution in [3.8, 4) is 0 Å². The molecule has 0 aromatic carbocycles. The zero-order chi connectivity index (χ0) is 15.8. The van der Waals surface area contributed by atoms with Crippen molar-refractivity contribution in [2.45, 2.75) is 126 Å². The Hall–Kier alpha value is 1.29. The summed E-state index contributed by atoms with van der Waals surface area (Å²) in [6, 6.07) is 0. The van der Waals surface area contributed by atoms with Gasteiger partial charge >= 0.3 is 139 Å². The molecule has 0 rings (SSSR count). The van der Waals surface area contributed by atoms with Crippen molar-refractivity contribution < 1.29 is 24.0 Å². The summed E-state index contributed by atoms with van der Waals surface area (Å²) in [6.45, 7) is 9.44. The number of unbranched alkanes of at least 4 members (excludes halogenated alkanes) is 8. The van der Waals surface area contributed by atoms with E-state index < -0.39 is 13.6 Å². The van der Waals surface area contributed by atoms with E-state index in [4.69, 9.17) is 0 Å². The normalized spacial score (nSPS) is 11.5. The predicted octanol–water partition coefficient (Wildman–Crippen LogP) is 5.20. The summed E-state index contributed by atoms with van der Waals surface area (Å²) in [5.74, 6) is 0. The molecular weight excluding hydrogens is 442 g/mol. The first-order valence-electron chi connectivity index (χ1n) is 10.1. The molecule has 0 aliphatic rings. The van der Waals surface area contributed by atoms with E-state index in [2.05, 4.69) is 27.7 Å². The molecule has 0 spiro atoms. The van der Waals surface area contributed by atoms with Crippen LogP contribution in [0.1, 0.15) is 105 Å². The number of rotatable bonds is 16. The van der Waals surface area contributed by atoms with E-state index in [1.165, 1.54) is 51.4 Å². The Kier molecular flexibility index (Phi) is 21.6. The van der Waals surface area contributed by atoms with E-state index in [9.17, 15) is 0 Å². The molecule has 0 nitrogen and oxygen atoms in total. The molecule has 2 heteroatoms. The topological polar surface area (TPSA) is 0 Å². The van der Waals surface area contributed by atoms with E-state index in [0.29, 0.717) is 0 Å². The minimum atomic E-state index is -1.34. The standard InChI is InChI=1S/C20H44As.HI/c1-5-9-13-17-21(18-14-10-6-2,19-15-11-7-3)20-16-12-8-4;/h5-20H2,1-4H3;1H/q+1;/p-1. The monoisotopic (exact) mass is 486 g/mol. The van der Waals surface area contributed by atoms with Crippen molar-refractivity contribution in [3.05, 3.63) is 0 Å². The van der Waals surface area contributed by atoms with Crippen LogP contribution in [0.5, 0.6) is 0 Å². The summed E-state index contributed by atoms with van der Waals surface area (Å²) in [6.07, 6.45) is 17.7. The summed E-state index contributed by atoms with van der Waals surface area (Å²) in [4.78, 5) is 0. The fourth-order valence-electron chi connectivity index (χ4n) is 3.46. The molecule has 0 radical (unpaired) electrons. The molecular formula is C20H44AsI. The first-order valence-corrected chi connectivity index (χ1v) is 15.4. The van der Waals surface area contributed by atoms with Gasteiger partial charge in [0.05, 0.1) is 0 Å². The maximum Gasteiger partial charge on any atom is -1.00 e. The van der Waals surface area contributed by atoms with E-state index in [-0.39, 0.29) is 24.0 Å². The fraction of sp³-hybridized carbons (Fsp3) is 1.00. The zero-order valence-corrected chi connectivity index (χ0v) is 20.2. The zero-order valence-electron chi connectivity index (χ0n) is 16.1. The molecule has 136 valence electrons. The molecule has 0 aliphatic heterocycles. The predicted molar refractivity (Wildman–Crippen MR) is 103 cm³/mol. The number of hydrogen-bond acceptors (Lipinski definition) is 0. The molecule has 0 saturated heterocycles. The molecule has 0 N–H and O–H groups in total. The van der Waals surface area contributed by atoms with Crippen molar-refractivity contribution in [3.63, 3.8) is 0 Å². The van der Waals surface area contributed by atoms with Gasteiger partial charge < -0.3 is 24.0 Å². The van der Waals surface area contributed by atoms with Crippen LogP contribution in [0, 0.1) is 0 Å². The van der Waals surface area contributed by atoms with Gasteiger partial charge in [-0.25, -0.2) is 0 Å². The van der Waals surface area contributed by atoms with Gasteiger partial charge in [-0.15, -0.1) is 0 Å². The third kappa shape index (κ3) is 13.7. The van der Waals surface area contributed by atoms with Crippen LogP contribution in [0.15, 0.2) is 0 Å². The molecule has 0 atom stereocenters. The van der Waals surface area contributed by atoms with Gasteiger partial charge in [0.15, 0.2) is 0 Å². The Labute approximate surface area is 162 Å². The third-order valence-electron chi connectivity index (χ3n) is 4.94. The van der Waals surface area contributed by atoms with E-state index in [1.54, 1.807) is 46.5 Å². The number of hydrogen-bond donors (Lipinski definition) is 0. The molecule has 22 heavy (non-hydrogen) atoms. The average Bonchev–Trinajstić information content (AvgIpc) is 2.48. The number of halogens is 1. The Balaban J connectivity index is 0. The van der Waals surface area contributed by atoms with Crippen molar-refractivity contribution in [2.24, 2.45) is 0 Å². The molecule has 0 bridgehead atoms. The van der Waals surface area contributed by atoms with Crippen molar-refractivity contribution in [1.82, 2.24) is 0 Å². The summed E-state index contributed by atoms with van der Waals surface area (Å²) in [5, 5.41) is 6.74. The van der Waals surface area contributed by atoms with Gasteiger partial charge in [0.2, 0.25) is 0 Å². The molecule has 0 fully saturated rings. The van der Waals surface area contributed by atoms with Crippen molar-refractivity contribution >= 4 is 13.6 Å². The quantitative estimate of drug-likeness (QED) is 0.160. The molecule has 0 aromatic heterocycles. The molecule has 0 saturated carbocycles. The molecule has 0 aromatic rings. The van der Waals surface area contributed by atoms with Crippen LogP contribution in [0.25, 0.3) is 0 Å². The van der Waals surface area contributed by atoms with E-state index in [0.717, 1.165) is 0 Å². The summed E-state index contributed by atoms with van der Waals surface area (Å²) < 4.78 is 0. The fourth-order valence-corrected chi connectivity index (χ4v) is 13.8. The Bertz CT molecular complexity index is 160. The third-order valence-corrected chi connectivity index (χ3v) is 15.6. The van der Waals surface area contributed by atoms with E-state index in [1.807, 2.05) is 0 Å². The largest absolute Gasteiger partial charge is 1.00 e. The average molecular weight is 486 g/mol. The van der Waals surface area contributed by atoms with Gasteiger partial charge in [-0.1, -0.05) is 0 Å². The van der Waals surface area contributed by atoms with Gasteiger partial charge in [-0.2, -0.15) is 0 Å². The summed E-state index contributed by atoms with van der Waals surface area (Å²) in [7, 11) is 0. The van der Waals surface area contributed by atoms with Gasteiger partial charge in [0, 0.05) is 0 Å². The maximum atomic E-state index is 2.36. The van der Waals surface area contributed by atoms with Crippen LogP contribution in [-0.2, 0) is 0 Å². The smallest absolute Gasteiger partial charge is 1.00 e. The van der Waals surface area contributed by atoms with Gasteiger partial charge in [0.1, 0.15) is 0 Å². The van der Waals surface area contributed by atoms with Crippen LogP contribution in [0.3, 0.4) is 0 Å². The van der Waals surface area contributed by atoms with Gasteiger partial charge in [0.25, 0.3) is 0 Å². The molecule has 0 aliphatic carbocycles. The van der Waals surface area contributed by atoms with Crippen LogP contribution in [-0.4, -0.2) is 13.6 Å². The van der Waals surface area contributed by atoms with Crippen molar-refractivity contribution in [1.29, 1.82) is 0 Å². The SMILES string of the molecule is CCCCC[As+](CCCCC)(CCCCC)CCCCC.[I-]. The second-order valence-corrected chi connectivity index (χ2v) is 16.4. The second-order valence-electron chi connectivity index (χ2n) is 7.06. The van der Waals surface area contributed by atoms with E-state index >= 15 is 0 Å². The minimum absolute atomic E-state index is 0. The van der Waals surface area contributed by atoms with Crippen LogP contribution in [0.2, 0.25) is 20.8 Å². The summed E-state index contributed by atoms with van der Waals surface area (Å²) >= 11 is -1.34. The minimum Gasteiger partial charge on any atom is -1.00 e. The summed E-state index contributed by atoms with van der Waals surface area (Å²) in [5.41, 5.74) is 0. The van der Waals surface area contributed by atoms with Crippen LogP contribution < -0.4 is 24.0 Å². The Morgan fingerprint density at radius 2 is 0.636 bits per heavy atom. The van der Waals surface area contributed by atoms with Gasteiger partial charge in [-0.05, 0) is 0 Å². The Morgan fingerprint density at radius 1 is 0.409 bits per heavy atom. The molecule has 0 amide bonds. The van der Waals surface area contributed by atoms with Gasteiger partial charge in [-0.3, -0.25) is 0 Å². The van der Waals surface area contributed by atoms with Crippen LogP contribution >= 0.6 is 0 Å². The maximum absolute atomic E-state index is 2.36. The van der Waals surface area contributed by atoms with Crippen molar-refractivity contribution in [2.75, 3.05) is 0 Å². The first kappa shape index (κ1) is 25.5. The molecule has 0 unspecified atom stereocenters. The second kappa shape index (κ2) is 18.6. The van der Waals surface area contributed by atoms with Crippen LogP contribution in [0.4, 0.5) is 0 Å².